The van der Waals surface area contributed by atoms with Gasteiger partial charge in [-0.15, -0.1) is 0 Å². The molecule has 0 radical (unpaired) electrons. The highest BCUT2D eigenvalue weighted by atomic mass is 79.9. The molecule has 3 heterocycles. The van der Waals surface area contributed by atoms with Gasteiger partial charge in [-0.3, -0.25) is 0 Å². The number of nitrogens with zero attached hydrogens (tertiary/aromatic N) is 2. The van der Waals surface area contributed by atoms with E-state index < -0.39 is 0 Å². The van der Waals surface area contributed by atoms with E-state index in [0.717, 1.165) is 19.5 Å². The molecule has 0 bridgehead atoms. The summed E-state index contributed by atoms with van der Waals surface area (Å²) in [6.07, 6.45) is 3.53. The molecule has 2 aliphatic heterocycles. The molecule has 0 aromatic carbocycles. The Hall–Kier alpha value is -0.550. The van der Waals surface area contributed by atoms with Crippen molar-refractivity contribution in [3.05, 3.63) is 10.2 Å². The first-order valence-electron chi connectivity index (χ1n) is 6.92. The van der Waals surface area contributed by atoms with Crippen molar-refractivity contribution in [2.45, 2.75) is 51.1 Å². The van der Waals surface area contributed by atoms with E-state index >= 15 is 0 Å². The fourth-order valence-electron chi connectivity index (χ4n) is 3.14. The van der Waals surface area contributed by atoms with Crippen molar-refractivity contribution >= 4 is 21.7 Å². The molecule has 0 aliphatic carbocycles. The van der Waals surface area contributed by atoms with Gasteiger partial charge in [-0.05, 0) is 62.1 Å². The van der Waals surface area contributed by atoms with Crippen LogP contribution in [0, 0.1) is 0 Å². The van der Waals surface area contributed by atoms with Crippen LogP contribution < -0.4 is 10.6 Å². The van der Waals surface area contributed by atoms with Gasteiger partial charge >= 0.3 is 0 Å². The maximum absolute atomic E-state index is 4.87. The highest BCUT2D eigenvalue weighted by Gasteiger charge is 2.29. The van der Waals surface area contributed by atoms with E-state index in [-0.39, 0.29) is 0 Å². The van der Waals surface area contributed by atoms with Crippen LogP contribution in [0.3, 0.4) is 0 Å². The zero-order chi connectivity index (χ0) is 12.7. The van der Waals surface area contributed by atoms with Gasteiger partial charge in [-0.2, -0.15) is 5.10 Å². The van der Waals surface area contributed by atoms with Crippen LogP contribution in [0.25, 0.3) is 0 Å². The van der Waals surface area contributed by atoms with Gasteiger partial charge in [0, 0.05) is 12.0 Å². The quantitative estimate of drug-likeness (QED) is 0.838. The molecule has 1 aromatic rings. The molecule has 18 heavy (non-hydrogen) atoms. The van der Waals surface area contributed by atoms with E-state index in [1.54, 1.807) is 0 Å². The summed E-state index contributed by atoms with van der Waals surface area (Å²) in [5.41, 5.74) is 1.25. The van der Waals surface area contributed by atoms with E-state index in [4.69, 9.17) is 5.10 Å². The molecule has 4 nitrogen and oxygen atoms in total. The fraction of sp³-hybridized carbons (Fsp3) is 0.769. The van der Waals surface area contributed by atoms with Crippen LogP contribution in [0.15, 0.2) is 4.47 Å². The average Bonchev–Trinajstić information content (AvgIpc) is 2.69. The number of fused-ring (bicyclic) bond motifs is 1. The molecular formula is C13H21BrN4. The minimum atomic E-state index is 0.489. The molecule has 2 unspecified atom stereocenters. The van der Waals surface area contributed by atoms with Crippen molar-refractivity contribution in [2.24, 2.45) is 0 Å². The third-order valence-electron chi connectivity index (χ3n) is 4.10. The molecule has 2 atom stereocenters. The number of hydrogen-bond acceptors (Lipinski definition) is 3. The molecule has 1 saturated heterocycles. The number of halogens is 1. The van der Waals surface area contributed by atoms with Gasteiger partial charge in [0.05, 0.1) is 16.2 Å². The minimum Gasteiger partial charge on any atom is -0.367 e. The van der Waals surface area contributed by atoms with Gasteiger partial charge < -0.3 is 10.6 Å². The number of rotatable bonds is 1. The van der Waals surface area contributed by atoms with E-state index in [0.29, 0.717) is 18.0 Å². The lowest BCUT2D eigenvalue weighted by Crippen LogP contribution is -2.29. The summed E-state index contributed by atoms with van der Waals surface area (Å²) in [6, 6.07) is 1.02. The van der Waals surface area contributed by atoms with Crippen molar-refractivity contribution in [1.82, 2.24) is 15.1 Å². The monoisotopic (exact) mass is 312 g/mol. The van der Waals surface area contributed by atoms with Crippen molar-refractivity contribution in [2.75, 3.05) is 18.4 Å². The minimum absolute atomic E-state index is 0.489. The second-order valence-corrected chi connectivity index (χ2v) is 6.44. The number of aromatic nitrogens is 2. The Morgan fingerprint density at radius 2 is 2.00 bits per heavy atom. The largest absolute Gasteiger partial charge is 0.367 e. The maximum Gasteiger partial charge on any atom is 0.139 e. The highest BCUT2D eigenvalue weighted by molar-refractivity contribution is 9.10. The van der Waals surface area contributed by atoms with Crippen LogP contribution in [-0.2, 0) is 0 Å². The van der Waals surface area contributed by atoms with Crippen molar-refractivity contribution in [3.63, 3.8) is 0 Å². The summed E-state index contributed by atoms with van der Waals surface area (Å²) < 4.78 is 3.36. The molecule has 100 valence electrons. The maximum atomic E-state index is 4.87. The van der Waals surface area contributed by atoms with Gasteiger partial charge in [-0.25, -0.2) is 4.68 Å². The molecule has 0 spiro atoms. The van der Waals surface area contributed by atoms with Crippen molar-refractivity contribution < 1.29 is 0 Å². The summed E-state index contributed by atoms with van der Waals surface area (Å²) in [4.78, 5) is 0. The second kappa shape index (κ2) is 4.85. The van der Waals surface area contributed by atoms with E-state index in [1.165, 1.54) is 28.8 Å². The van der Waals surface area contributed by atoms with Gasteiger partial charge in [-0.1, -0.05) is 0 Å². The third-order valence-corrected chi connectivity index (χ3v) is 4.88. The predicted molar refractivity (Wildman–Crippen MR) is 77.2 cm³/mol. The number of hydrogen-bond donors (Lipinski definition) is 2. The van der Waals surface area contributed by atoms with Gasteiger partial charge in [0.15, 0.2) is 0 Å². The van der Waals surface area contributed by atoms with E-state index in [1.807, 2.05) is 0 Å². The Bertz CT molecular complexity index is 436. The van der Waals surface area contributed by atoms with E-state index in [9.17, 15) is 0 Å². The van der Waals surface area contributed by atoms with E-state index in [2.05, 4.69) is 45.1 Å². The molecule has 1 aromatic heterocycles. The number of nitrogens with one attached hydrogen (secondary N) is 2. The lowest BCUT2D eigenvalue weighted by Gasteiger charge is -2.28. The van der Waals surface area contributed by atoms with Gasteiger partial charge in [0.25, 0.3) is 0 Å². The Morgan fingerprint density at radius 3 is 2.72 bits per heavy atom. The van der Waals surface area contributed by atoms with Gasteiger partial charge in [0.1, 0.15) is 5.82 Å². The van der Waals surface area contributed by atoms with Gasteiger partial charge in [0.2, 0.25) is 0 Å². The van der Waals surface area contributed by atoms with Crippen LogP contribution >= 0.6 is 15.9 Å². The van der Waals surface area contributed by atoms with Crippen LogP contribution in [0.4, 0.5) is 5.82 Å². The van der Waals surface area contributed by atoms with Crippen LogP contribution in [-0.4, -0.2) is 28.9 Å². The Kier molecular flexibility index (Phi) is 3.36. The highest BCUT2D eigenvalue weighted by Crippen LogP contribution is 2.39. The number of piperidine rings is 1. The van der Waals surface area contributed by atoms with Crippen LogP contribution in [0.5, 0.6) is 0 Å². The molecule has 3 rings (SSSR count). The molecule has 2 N–H and O–H groups in total. The van der Waals surface area contributed by atoms with Crippen LogP contribution in [0.2, 0.25) is 0 Å². The normalized spacial score (nSPS) is 28.8. The summed E-state index contributed by atoms with van der Waals surface area (Å²) in [5.74, 6) is 1.78. The first kappa shape index (κ1) is 12.5. The molecule has 0 amide bonds. The predicted octanol–water partition coefficient (Wildman–Crippen LogP) is 2.88. The van der Waals surface area contributed by atoms with Crippen molar-refractivity contribution in [3.8, 4) is 0 Å². The average molecular weight is 313 g/mol. The SMILES string of the molecule is CC1CC(C)n2nc(C3CCNCC3)c(Br)c2N1. The zero-order valence-corrected chi connectivity index (χ0v) is 12.6. The first-order chi connectivity index (χ1) is 8.66. The summed E-state index contributed by atoms with van der Waals surface area (Å²) in [7, 11) is 0. The summed E-state index contributed by atoms with van der Waals surface area (Å²) >= 11 is 3.76. The van der Waals surface area contributed by atoms with Crippen LogP contribution in [0.1, 0.15) is 50.8 Å². The summed E-state index contributed by atoms with van der Waals surface area (Å²) in [6.45, 7) is 6.72. The Labute approximate surface area is 117 Å². The Morgan fingerprint density at radius 1 is 1.28 bits per heavy atom. The van der Waals surface area contributed by atoms with Crippen molar-refractivity contribution in [1.29, 1.82) is 0 Å². The molecule has 0 saturated carbocycles. The second-order valence-electron chi connectivity index (χ2n) is 5.65. The number of anilines is 1. The fourth-order valence-corrected chi connectivity index (χ4v) is 3.84. The third kappa shape index (κ3) is 2.07. The first-order valence-corrected chi connectivity index (χ1v) is 7.71. The standard InChI is InChI=1S/C13H21BrN4/c1-8-7-9(2)18-13(16-8)11(14)12(17-18)10-3-5-15-6-4-10/h8-10,15-16H,3-7H2,1-2H3. The molecule has 1 fully saturated rings. The topological polar surface area (TPSA) is 41.9 Å². The lowest BCUT2D eigenvalue weighted by molar-refractivity contribution is 0.400. The zero-order valence-electron chi connectivity index (χ0n) is 11.0. The summed E-state index contributed by atoms with van der Waals surface area (Å²) in [5, 5.41) is 11.8. The molecule has 5 heteroatoms. The molecule has 2 aliphatic rings. The lowest BCUT2D eigenvalue weighted by atomic mass is 9.95. The molecular weight excluding hydrogens is 292 g/mol. The smallest absolute Gasteiger partial charge is 0.139 e. The Balaban J connectivity index is 1.94.